The zero-order chi connectivity index (χ0) is 32.0. The van der Waals surface area contributed by atoms with Crippen molar-refractivity contribution < 1.29 is 32.8 Å². The van der Waals surface area contributed by atoms with Crippen molar-refractivity contribution in [1.82, 2.24) is 15.4 Å². The topological polar surface area (TPSA) is 111 Å². The number of allylic oxidation sites excluding steroid dienone is 1. The standard InChI is InChI=1S/C34H28FN3O6S2/c1-42-25-14-7-21(8-15-25)18-43-34(41)31-23(11-16-26-17-28(37-44-26)22-9-12-24(35)13-10-22)19-46-33-30(32(40)38(31)33)36-29(39)20-45-27-5-3-2-4-6-27/h2-17,30,33H,18-20H2,1H3,(H,36,39)/b16-11+/t30-,33?/m1/s1. The van der Waals surface area contributed by atoms with Crippen molar-refractivity contribution in [2.75, 3.05) is 18.6 Å². The van der Waals surface area contributed by atoms with Crippen LogP contribution < -0.4 is 10.1 Å². The predicted molar refractivity (Wildman–Crippen MR) is 173 cm³/mol. The van der Waals surface area contributed by atoms with Crippen LogP contribution in [0.2, 0.25) is 0 Å². The molecule has 1 saturated heterocycles. The number of carbonyl (C=O) groups is 3. The molecule has 1 N–H and O–H groups in total. The average molecular weight is 658 g/mol. The minimum Gasteiger partial charge on any atom is -0.497 e. The summed E-state index contributed by atoms with van der Waals surface area (Å²) in [4.78, 5) is 42.1. The summed E-state index contributed by atoms with van der Waals surface area (Å²) in [6.45, 7) is -0.0107. The highest BCUT2D eigenvalue weighted by Gasteiger charge is 2.54. The Morgan fingerprint density at radius 2 is 1.85 bits per heavy atom. The van der Waals surface area contributed by atoms with E-state index in [0.717, 1.165) is 10.5 Å². The van der Waals surface area contributed by atoms with Crippen molar-refractivity contribution in [2.24, 2.45) is 0 Å². The number of esters is 1. The van der Waals surface area contributed by atoms with Gasteiger partial charge in [-0.25, -0.2) is 9.18 Å². The Labute approximate surface area is 272 Å². The molecule has 9 nitrogen and oxygen atoms in total. The highest BCUT2D eigenvalue weighted by atomic mass is 32.2. The molecule has 0 saturated carbocycles. The van der Waals surface area contributed by atoms with Crippen molar-refractivity contribution in [3.05, 3.63) is 119 Å². The molecule has 234 valence electrons. The quantitative estimate of drug-likeness (QED) is 0.124. The third kappa shape index (κ3) is 7.03. The molecule has 2 aliphatic heterocycles. The lowest BCUT2D eigenvalue weighted by atomic mass is 10.0. The summed E-state index contributed by atoms with van der Waals surface area (Å²) in [6, 6.07) is 23.4. The molecule has 1 fully saturated rings. The second-order valence-electron chi connectivity index (χ2n) is 10.3. The van der Waals surface area contributed by atoms with Crippen LogP contribution in [0.5, 0.6) is 5.75 Å². The number of carbonyl (C=O) groups excluding carboxylic acids is 3. The number of benzene rings is 3. The first-order chi connectivity index (χ1) is 22.4. The number of halogens is 1. The van der Waals surface area contributed by atoms with Crippen LogP contribution in [0.25, 0.3) is 17.3 Å². The third-order valence-corrected chi connectivity index (χ3v) is 9.58. The fraction of sp³-hybridized carbons (Fsp3) is 0.176. The summed E-state index contributed by atoms with van der Waals surface area (Å²) in [7, 11) is 1.57. The number of hydrogen-bond donors (Lipinski definition) is 1. The van der Waals surface area contributed by atoms with Gasteiger partial charge in [-0.3, -0.25) is 14.5 Å². The monoisotopic (exact) mass is 657 g/mol. The lowest BCUT2D eigenvalue weighted by molar-refractivity contribution is -0.153. The Bertz CT molecular complexity index is 1790. The van der Waals surface area contributed by atoms with Crippen molar-refractivity contribution in [1.29, 1.82) is 0 Å². The number of nitrogens with zero attached hydrogens (tertiary/aromatic N) is 2. The Morgan fingerprint density at radius 1 is 1.09 bits per heavy atom. The maximum Gasteiger partial charge on any atom is 0.355 e. The summed E-state index contributed by atoms with van der Waals surface area (Å²) in [5, 5.41) is 6.43. The van der Waals surface area contributed by atoms with Gasteiger partial charge in [0, 0.05) is 22.3 Å². The fourth-order valence-corrected chi connectivity index (χ4v) is 6.94. The van der Waals surface area contributed by atoms with E-state index in [-0.39, 0.29) is 29.8 Å². The SMILES string of the molecule is COc1ccc(COC(=O)C2=C(/C=C/c3cc(-c4ccc(F)cc4)no3)CSC3[C@H](NC(=O)CSc4ccccc4)C(=O)N23)cc1. The first kappa shape index (κ1) is 31.2. The molecule has 1 aromatic heterocycles. The number of nitrogens with one attached hydrogen (secondary N) is 1. The Hall–Kier alpha value is -4.81. The number of aromatic nitrogens is 1. The van der Waals surface area contributed by atoms with Gasteiger partial charge in [0.05, 0.1) is 12.9 Å². The number of ether oxygens (including phenoxy) is 2. The van der Waals surface area contributed by atoms with E-state index in [1.807, 2.05) is 30.3 Å². The summed E-state index contributed by atoms with van der Waals surface area (Å²) in [5.41, 5.74) is 2.62. The van der Waals surface area contributed by atoms with Crippen LogP contribution in [0.4, 0.5) is 4.39 Å². The number of rotatable bonds is 11. The Morgan fingerprint density at radius 3 is 2.59 bits per heavy atom. The van der Waals surface area contributed by atoms with Crippen molar-refractivity contribution in [2.45, 2.75) is 22.9 Å². The van der Waals surface area contributed by atoms with Gasteiger partial charge >= 0.3 is 5.97 Å². The first-order valence-electron chi connectivity index (χ1n) is 14.3. The Kier molecular flexibility index (Phi) is 9.55. The van der Waals surface area contributed by atoms with Gasteiger partial charge < -0.3 is 19.3 Å². The number of β-lactam (4-membered cyclic amide) rings is 1. The van der Waals surface area contributed by atoms with E-state index in [4.69, 9.17) is 14.0 Å². The summed E-state index contributed by atoms with van der Waals surface area (Å²) >= 11 is 2.82. The molecule has 2 aliphatic rings. The van der Waals surface area contributed by atoms with Crippen LogP contribution in [0, 0.1) is 5.82 Å². The number of amides is 2. The summed E-state index contributed by atoms with van der Waals surface area (Å²) in [5.74, 6) is -0.0703. The van der Waals surface area contributed by atoms with Crippen LogP contribution in [0.15, 0.2) is 112 Å². The van der Waals surface area contributed by atoms with E-state index in [0.29, 0.717) is 34.1 Å². The first-order valence-corrected chi connectivity index (χ1v) is 16.3. The average Bonchev–Trinajstić information content (AvgIpc) is 3.57. The molecule has 0 spiro atoms. The number of thioether (sulfide) groups is 2. The van der Waals surface area contributed by atoms with Gasteiger partial charge in [0.1, 0.15) is 41.0 Å². The largest absolute Gasteiger partial charge is 0.497 e. The number of methoxy groups -OCH3 is 1. The van der Waals surface area contributed by atoms with E-state index in [1.54, 1.807) is 61.7 Å². The maximum absolute atomic E-state index is 13.6. The van der Waals surface area contributed by atoms with E-state index in [2.05, 4.69) is 10.5 Å². The van der Waals surface area contributed by atoms with Gasteiger partial charge in [-0.15, -0.1) is 23.5 Å². The molecule has 46 heavy (non-hydrogen) atoms. The van der Waals surface area contributed by atoms with Crippen LogP contribution in [-0.4, -0.2) is 57.9 Å². The smallest absolute Gasteiger partial charge is 0.355 e. The molecule has 3 heterocycles. The number of hydrogen-bond acceptors (Lipinski definition) is 9. The van der Waals surface area contributed by atoms with Gasteiger partial charge in [0.2, 0.25) is 5.91 Å². The number of fused-ring (bicyclic) bond motifs is 1. The zero-order valence-electron chi connectivity index (χ0n) is 24.6. The van der Waals surface area contributed by atoms with Gasteiger partial charge in [-0.05, 0) is 65.7 Å². The molecule has 12 heteroatoms. The highest BCUT2D eigenvalue weighted by molar-refractivity contribution is 8.00. The van der Waals surface area contributed by atoms with Crippen molar-refractivity contribution >= 4 is 47.4 Å². The highest BCUT2D eigenvalue weighted by Crippen LogP contribution is 2.41. The predicted octanol–water partition coefficient (Wildman–Crippen LogP) is 5.69. The second kappa shape index (κ2) is 14.1. The Balaban J connectivity index is 1.19. The van der Waals surface area contributed by atoms with Crippen LogP contribution in [0.1, 0.15) is 11.3 Å². The molecule has 1 unspecified atom stereocenters. The van der Waals surface area contributed by atoms with E-state index >= 15 is 0 Å². The summed E-state index contributed by atoms with van der Waals surface area (Å²) < 4.78 is 29.6. The van der Waals surface area contributed by atoms with Crippen LogP contribution in [0.3, 0.4) is 0 Å². The molecule has 4 aromatic rings. The minimum atomic E-state index is -0.767. The van der Waals surface area contributed by atoms with Gasteiger partial charge in [-0.1, -0.05) is 41.6 Å². The van der Waals surface area contributed by atoms with Gasteiger partial charge in [0.15, 0.2) is 5.76 Å². The summed E-state index contributed by atoms with van der Waals surface area (Å²) in [6.07, 6.45) is 3.34. The zero-order valence-corrected chi connectivity index (χ0v) is 26.2. The van der Waals surface area contributed by atoms with E-state index < -0.39 is 23.3 Å². The molecule has 3 aromatic carbocycles. The lowest BCUT2D eigenvalue weighted by Crippen LogP contribution is -2.70. The molecule has 0 radical (unpaired) electrons. The van der Waals surface area contributed by atoms with E-state index in [1.165, 1.54) is 40.6 Å². The molecular weight excluding hydrogens is 630 g/mol. The molecule has 0 bridgehead atoms. The fourth-order valence-electron chi connectivity index (χ4n) is 4.89. The molecular formula is C34H28FN3O6S2. The molecule has 2 amide bonds. The van der Waals surface area contributed by atoms with Gasteiger partial charge in [-0.2, -0.15) is 0 Å². The van der Waals surface area contributed by atoms with Crippen LogP contribution >= 0.6 is 23.5 Å². The molecule has 2 atom stereocenters. The molecule has 0 aliphatic carbocycles. The minimum absolute atomic E-state index is 0.0107. The van der Waals surface area contributed by atoms with Crippen molar-refractivity contribution in [3.63, 3.8) is 0 Å². The van der Waals surface area contributed by atoms with Gasteiger partial charge in [0.25, 0.3) is 5.91 Å². The third-order valence-electron chi connectivity index (χ3n) is 7.27. The van der Waals surface area contributed by atoms with Crippen LogP contribution in [-0.2, 0) is 25.7 Å². The lowest BCUT2D eigenvalue weighted by Gasteiger charge is -2.49. The normalized spacial score (nSPS) is 17.4. The van der Waals surface area contributed by atoms with Crippen molar-refractivity contribution in [3.8, 4) is 17.0 Å². The maximum atomic E-state index is 13.6. The second-order valence-corrected chi connectivity index (χ2v) is 12.5. The van der Waals surface area contributed by atoms with E-state index in [9.17, 15) is 18.8 Å². The molecule has 6 rings (SSSR count).